The zero-order chi connectivity index (χ0) is 31.9. The summed E-state index contributed by atoms with van der Waals surface area (Å²) in [4.78, 5) is 0. The number of aryl methyl sites for hydroxylation is 2. The first kappa shape index (κ1) is 27.9. The first-order chi connectivity index (χ1) is 23.6. The fourth-order valence-electron chi connectivity index (χ4n) is 9.81. The van der Waals surface area contributed by atoms with Gasteiger partial charge in [-0.25, -0.2) is 9.13 Å². The third-order valence-corrected chi connectivity index (χ3v) is 12.4. The van der Waals surface area contributed by atoms with Crippen LogP contribution in [0.5, 0.6) is 0 Å². The SMILES string of the molecule is N#Cc1ccc(-n2c[n+](CC[n+]3cn(-c4ccc(C#N)cc4)c4cc5c(cc43)C3CCC5CC3)c3cc4c(cc32)C2CCC4CC2)cc1. The highest BCUT2D eigenvalue weighted by Crippen LogP contribution is 2.51. The Hall–Kier alpha value is -5.20. The highest BCUT2D eigenvalue weighted by Gasteiger charge is 2.37. The van der Waals surface area contributed by atoms with Gasteiger partial charge in [0.1, 0.15) is 24.5 Å². The molecular formula is C42H38N6+2. The summed E-state index contributed by atoms with van der Waals surface area (Å²) in [5.41, 5.74) is 14.9. The minimum Gasteiger partial charge on any atom is -0.225 e. The monoisotopic (exact) mass is 626 g/mol. The van der Waals surface area contributed by atoms with Crippen molar-refractivity contribution in [2.45, 2.75) is 88.1 Å². The molecule has 4 bridgehead atoms. The smallest absolute Gasteiger partial charge is 0.225 e. The largest absolute Gasteiger partial charge is 0.250 e. The van der Waals surface area contributed by atoms with Crippen LogP contribution < -0.4 is 9.13 Å². The molecule has 0 N–H and O–H groups in total. The zero-order valence-corrected chi connectivity index (χ0v) is 27.1. The van der Waals surface area contributed by atoms with Crippen molar-refractivity contribution in [2.75, 3.05) is 0 Å². The third kappa shape index (κ3) is 4.22. The molecule has 0 saturated heterocycles. The second-order valence-corrected chi connectivity index (χ2v) is 14.7. The van der Waals surface area contributed by atoms with Crippen molar-refractivity contribution in [3.8, 4) is 23.5 Å². The number of rotatable bonds is 5. The number of hydrogen-bond donors (Lipinski definition) is 0. The molecule has 4 aromatic carbocycles. The summed E-state index contributed by atoms with van der Waals surface area (Å²) >= 11 is 0. The molecule has 6 heteroatoms. The predicted octanol–water partition coefficient (Wildman–Crippen LogP) is 8.10. The van der Waals surface area contributed by atoms with E-state index in [2.05, 4.69) is 91.6 Å². The molecule has 234 valence electrons. The molecule has 48 heavy (non-hydrogen) atoms. The Morgan fingerprint density at radius 3 is 1.17 bits per heavy atom. The van der Waals surface area contributed by atoms with E-state index in [0.717, 1.165) is 24.5 Å². The van der Waals surface area contributed by atoms with E-state index in [9.17, 15) is 10.5 Å². The Labute approximate surface area is 280 Å². The van der Waals surface area contributed by atoms with Crippen LogP contribution in [0, 0.1) is 22.7 Å². The van der Waals surface area contributed by atoms with Gasteiger partial charge in [-0.15, -0.1) is 0 Å². The lowest BCUT2D eigenvalue weighted by atomic mass is 9.67. The van der Waals surface area contributed by atoms with E-state index in [-0.39, 0.29) is 0 Å². The quantitative estimate of drug-likeness (QED) is 0.182. The maximum Gasteiger partial charge on any atom is 0.250 e. The van der Waals surface area contributed by atoms with Crippen molar-refractivity contribution in [3.63, 3.8) is 0 Å². The van der Waals surface area contributed by atoms with Crippen LogP contribution in [0.1, 0.15) is 108 Å². The molecule has 2 heterocycles. The van der Waals surface area contributed by atoms with Gasteiger partial charge in [-0.05, 0) is 170 Å². The number of nitriles is 2. The Bertz CT molecular complexity index is 2160. The van der Waals surface area contributed by atoms with E-state index in [0.29, 0.717) is 34.8 Å². The standard InChI is InChI=1S/C42H38N6/c43-23-27-1-13-33(14-2-27)47-25-45(39-19-35-29-5-9-31(10-6-29)37(35)21-41(39)47)17-18-46-26-48(34-15-3-28(24-44)4-16-34)42-22-38-32-11-7-30(8-12-32)36(38)20-40(42)46/h1-4,13-16,19-22,25-26,29-32H,5-12,17-18H2/q+2. The highest BCUT2D eigenvalue weighted by molar-refractivity contribution is 5.78. The summed E-state index contributed by atoms with van der Waals surface area (Å²) in [6, 6.07) is 30.5. The number of aromatic nitrogens is 4. The van der Waals surface area contributed by atoms with E-state index < -0.39 is 0 Å². The molecule has 2 saturated carbocycles. The topological polar surface area (TPSA) is 65.2 Å². The van der Waals surface area contributed by atoms with Crippen LogP contribution in [-0.2, 0) is 13.1 Å². The van der Waals surface area contributed by atoms with Gasteiger partial charge in [0.25, 0.3) is 0 Å². The summed E-state index contributed by atoms with van der Waals surface area (Å²) < 4.78 is 9.57. The molecular weight excluding hydrogens is 589 g/mol. The average molecular weight is 627 g/mol. The van der Waals surface area contributed by atoms with Crippen molar-refractivity contribution in [1.29, 1.82) is 10.5 Å². The van der Waals surface area contributed by atoms with Gasteiger partial charge in [-0.1, -0.05) is 0 Å². The first-order valence-electron chi connectivity index (χ1n) is 17.8. The van der Waals surface area contributed by atoms with Crippen LogP contribution in [0.15, 0.2) is 85.5 Å². The summed E-state index contributed by atoms with van der Waals surface area (Å²) in [5.74, 6) is 2.72. The summed E-state index contributed by atoms with van der Waals surface area (Å²) in [6.07, 6.45) is 15.1. The lowest BCUT2D eigenvalue weighted by molar-refractivity contribution is -0.755. The fraction of sp³-hybridized carbons (Fsp3) is 0.333. The van der Waals surface area contributed by atoms with Gasteiger partial charge in [-0.3, -0.25) is 0 Å². The molecule has 12 rings (SSSR count). The normalized spacial score (nSPS) is 22.0. The summed E-state index contributed by atoms with van der Waals surface area (Å²) in [7, 11) is 0. The van der Waals surface area contributed by atoms with E-state index >= 15 is 0 Å². The molecule has 0 atom stereocenters. The fourth-order valence-corrected chi connectivity index (χ4v) is 9.81. The number of fused-ring (bicyclic) bond motifs is 6. The maximum absolute atomic E-state index is 9.44. The Kier molecular flexibility index (Phi) is 6.19. The molecule has 2 fully saturated rings. The highest BCUT2D eigenvalue weighted by atomic mass is 15.2. The molecule has 6 aliphatic rings. The minimum atomic E-state index is 0.678. The molecule has 6 aromatic rings. The Balaban J connectivity index is 1.09. The average Bonchev–Trinajstić information content (AvgIpc) is 3.71. The van der Waals surface area contributed by atoms with Gasteiger partial charge in [0.15, 0.2) is 22.1 Å². The van der Waals surface area contributed by atoms with E-state index in [1.165, 1.54) is 73.4 Å². The van der Waals surface area contributed by atoms with Crippen molar-refractivity contribution in [1.82, 2.24) is 9.13 Å². The molecule has 6 nitrogen and oxygen atoms in total. The summed E-state index contributed by atoms with van der Waals surface area (Å²) in [6.45, 7) is 1.68. The van der Waals surface area contributed by atoms with Crippen molar-refractivity contribution >= 4 is 22.1 Å². The number of hydrogen-bond acceptors (Lipinski definition) is 2. The van der Waals surface area contributed by atoms with E-state index in [1.54, 1.807) is 22.3 Å². The minimum absolute atomic E-state index is 0.678. The third-order valence-electron chi connectivity index (χ3n) is 12.4. The van der Waals surface area contributed by atoms with Crippen LogP contribution >= 0.6 is 0 Å². The van der Waals surface area contributed by atoms with Crippen LogP contribution in [0.25, 0.3) is 33.4 Å². The zero-order valence-electron chi connectivity index (χ0n) is 27.1. The van der Waals surface area contributed by atoms with Crippen LogP contribution in [0.4, 0.5) is 0 Å². The number of nitrogens with zero attached hydrogens (tertiary/aromatic N) is 6. The van der Waals surface area contributed by atoms with Gasteiger partial charge in [-0.2, -0.15) is 19.7 Å². The number of imidazole rings is 2. The molecule has 6 aliphatic carbocycles. The van der Waals surface area contributed by atoms with Crippen molar-refractivity contribution in [2.24, 2.45) is 0 Å². The first-order valence-corrected chi connectivity index (χ1v) is 17.8. The molecule has 2 aromatic heterocycles. The van der Waals surface area contributed by atoms with Gasteiger partial charge in [0.2, 0.25) is 12.7 Å². The van der Waals surface area contributed by atoms with Gasteiger partial charge in [0, 0.05) is 0 Å². The van der Waals surface area contributed by atoms with Crippen LogP contribution in [-0.4, -0.2) is 9.13 Å². The maximum atomic E-state index is 9.44. The second kappa shape index (κ2) is 10.7. The van der Waals surface area contributed by atoms with Crippen molar-refractivity contribution in [3.05, 3.63) is 119 Å². The lowest BCUT2D eigenvalue weighted by Crippen LogP contribution is -2.43. The molecule has 0 amide bonds. The van der Waals surface area contributed by atoms with Gasteiger partial charge < -0.3 is 0 Å². The molecule has 0 radical (unpaired) electrons. The van der Waals surface area contributed by atoms with Gasteiger partial charge >= 0.3 is 0 Å². The Morgan fingerprint density at radius 1 is 0.500 bits per heavy atom. The van der Waals surface area contributed by atoms with E-state index in [4.69, 9.17) is 0 Å². The molecule has 0 aliphatic heterocycles. The number of benzene rings is 4. The summed E-state index contributed by atoms with van der Waals surface area (Å²) in [5, 5.41) is 18.9. The predicted molar refractivity (Wildman–Crippen MR) is 184 cm³/mol. The van der Waals surface area contributed by atoms with Crippen molar-refractivity contribution < 1.29 is 9.13 Å². The molecule has 0 spiro atoms. The Morgan fingerprint density at radius 2 is 0.833 bits per heavy atom. The van der Waals surface area contributed by atoms with E-state index in [1.807, 2.05) is 24.3 Å². The molecule has 0 unspecified atom stereocenters. The van der Waals surface area contributed by atoms with Crippen LogP contribution in [0.3, 0.4) is 0 Å². The second-order valence-electron chi connectivity index (χ2n) is 14.7. The van der Waals surface area contributed by atoms with Crippen LogP contribution in [0.2, 0.25) is 0 Å². The van der Waals surface area contributed by atoms with Gasteiger partial charge in [0.05, 0.1) is 23.3 Å². The lowest BCUT2D eigenvalue weighted by Gasteiger charge is -2.38.